The average Bonchev–Trinajstić information content (AvgIpc) is 2.66. The van der Waals surface area contributed by atoms with Crippen molar-refractivity contribution in [1.29, 1.82) is 0 Å². The zero-order chi connectivity index (χ0) is 10.6. The summed E-state index contributed by atoms with van der Waals surface area (Å²) in [6.45, 7) is 2.33. The van der Waals surface area contributed by atoms with Gasteiger partial charge in [0.2, 0.25) is 5.91 Å². The van der Waals surface area contributed by atoms with E-state index < -0.39 is 11.9 Å². The van der Waals surface area contributed by atoms with Crippen LogP contribution in [0.1, 0.15) is 19.8 Å². The molecular weight excluding hydrogens is 186 g/mol. The maximum atomic E-state index is 11.3. The van der Waals surface area contributed by atoms with Gasteiger partial charge in [-0.15, -0.1) is 0 Å². The number of amides is 1. The third-order valence-electron chi connectivity index (χ3n) is 2.23. The first kappa shape index (κ1) is 11.0. The lowest BCUT2D eigenvalue weighted by atomic mass is 10.2. The second kappa shape index (κ2) is 4.95. The molecule has 0 spiro atoms. The third kappa shape index (κ3) is 2.99. The first-order valence-electron chi connectivity index (χ1n) is 4.73. The number of aliphatic carboxylic acids is 1. The molecule has 0 aromatic carbocycles. The number of nitrogens with one attached hydrogen (secondary N) is 1. The second-order valence-electron chi connectivity index (χ2n) is 3.49. The Hall–Kier alpha value is -1.10. The number of ether oxygens (including phenoxy) is 1. The fraction of sp³-hybridized carbons (Fsp3) is 0.778. The number of carbonyl (C=O) groups excluding carboxylic acids is 1. The van der Waals surface area contributed by atoms with Crippen LogP contribution in [-0.4, -0.2) is 36.2 Å². The van der Waals surface area contributed by atoms with E-state index in [1.807, 2.05) is 0 Å². The molecule has 5 nitrogen and oxygen atoms in total. The van der Waals surface area contributed by atoms with Gasteiger partial charge in [-0.25, -0.2) is 0 Å². The topological polar surface area (TPSA) is 75.6 Å². The van der Waals surface area contributed by atoms with Gasteiger partial charge < -0.3 is 15.2 Å². The van der Waals surface area contributed by atoms with Crippen LogP contribution in [-0.2, 0) is 14.3 Å². The molecule has 1 fully saturated rings. The summed E-state index contributed by atoms with van der Waals surface area (Å²) in [6.07, 6.45) is 1.25. The highest BCUT2D eigenvalue weighted by molar-refractivity contribution is 5.81. The molecule has 0 bridgehead atoms. The van der Waals surface area contributed by atoms with Crippen LogP contribution in [0.3, 0.4) is 0 Å². The lowest BCUT2D eigenvalue weighted by Crippen LogP contribution is -2.38. The van der Waals surface area contributed by atoms with Gasteiger partial charge in [0, 0.05) is 13.2 Å². The van der Waals surface area contributed by atoms with Crippen LogP contribution in [0.2, 0.25) is 0 Å². The van der Waals surface area contributed by atoms with E-state index in [-0.39, 0.29) is 18.6 Å². The molecule has 1 amide bonds. The number of carboxylic acids is 1. The molecule has 1 aliphatic heterocycles. The average molecular weight is 201 g/mol. The van der Waals surface area contributed by atoms with E-state index in [1.54, 1.807) is 6.92 Å². The van der Waals surface area contributed by atoms with Crippen molar-refractivity contribution >= 4 is 11.9 Å². The first-order valence-corrected chi connectivity index (χ1v) is 4.73. The Balaban J connectivity index is 2.23. The maximum Gasteiger partial charge on any atom is 0.308 e. The molecule has 0 aromatic heterocycles. The van der Waals surface area contributed by atoms with Crippen LogP contribution in [0.4, 0.5) is 0 Å². The Morgan fingerprint density at radius 2 is 2.36 bits per heavy atom. The molecule has 80 valence electrons. The van der Waals surface area contributed by atoms with Gasteiger partial charge in [0.05, 0.1) is 5.92 Å². The van der Waals surface area contributed by atoms with Gasteiger partial charge >= 0.3 is 5.97 Å². The number of hydrogen-bond acceptors (Lipinski definition) is 3. The zero-order valence-corrected chi connectivity index (χ0v) is 8.16. The fourth-order valence-electron chi connectivity index (χ4n) is 1.24. The summed E-state index contributed by atoms with van der Waals surface area (Å²) in [5, 5.41) is 11.1. The number of hydrogen-bond donors (Lipinski definition) is 2. The Morgan fingerprint density at radius 3 is 2.86 bits per heavy atom. The van der Waals surface area contributed by atoms with E-state index in [1.165, 1.54) is 0 Å². The predicted molar refractivity (Wildman–Crippen MR) is 48.8 cm³/mol. The number of carboxylic acid groups (broad SMARTS) is 1. The van der Waals surface area contributed by atoms with Crippen molar-refractivity contribution in [3.05, 3.63) is 0 Å². The van der Waals surface area contributed by atoms with E-state index in [2.05, 4.69) is 5.32 Å². The van der Waals surface area contributed by atoms with Gasteiger partial charge in [0.1, 0.15) is 6.10 Å². The third-order valence-corrected chi connectivity index (χ3v) is 2.23. The Morgan fingerprint density at radius 1 is 1.64 bits per heavy atom. The minimum Gasteiger partial charge on any atom is -0.481 e. The molecule has 1 aliphatic rings. The van der Waals surface area contributed by atoms with Crippen molar-refractivity contribution in [2.24, 2.45) is 5.92 Å². The van der Waals surface area contributed by atoms with Crippen LogP contribution in [0.25, 0.3) is 0 Å². The summed E-state index contributed by atoms with van der Waals surface area (Å²) in [5.74, 6) is -1.66. The van der Waals surface area contributed by atoms with Gasteiger partial charge in [0.25, 0.3) is 0 Å². The summed E-state index contributed by atoms with van der Waals surface area (Å²) < 4.78 is 5.15. The summed E-state index contributed by atoms with van der Waals surface area (Å²) in [7, 11) is 0. The zero-order valence-electron chi connectivity index (χ0n) is 8.16. The molecule has 14 heavy (non-hydrogen) atoms. The van der Waals surface area contributed by atoms with E-state index in [0.717, 1.165) is 12.8 Å². The van der Waals surface area contributed by atoms with E-state index >= 15 is 0 Å². The molecule has 0 aromatic rings. The lowest BCUT2D eigenvalue weighted by Gasteiger charge is -2.11. The SMILES string of the molecule is CC(CNC(=O)[C@H]1CCCO1)C(=O)O. The maximum absolute atomic E-state index is 11.3. The normalized spacial score (nSPS) is 23.1. The van der Waals surface area contributed by atoms with Gasteiger partial charge in [-0.2, -0.15) is 0 Å². The molecule has 0 aliphatic carbocycles. The molecule has 2 atom stereocenters. The van der Waals surface area contributed by atoms with E-state index in [4.69, 9.17) is 9.84 Å². The van der Waals surface area contributed by atoms with Crippen LogP contribution in [0, 0.1) is 5.92 Å². The molecule has 0 radical (unpaired) electrons. The molecule has 1 heterocycles. The molecule has 1 saturated heterocycles. The monoisotopic (exact) mass is 201 g/mol. The Labute approximate surface area is 82.4 Å². The van der Waals surface area contributed by atoms with Gasteiger partial charge in [-0.05, 0) is 12.8 Å². The Bertz CT molecular complexity index is 223. The van der Waals surface area contributed by atoms with Gasteiger partial charge in [-0.3, -0.25) is 9.59 Å². The van der Waals surface area contributed by atoms with Crippen LogP contribution < -0.4 is 5.32 Å². The van der Waals surface area contributed by atoms with Gasteiger partial charge in [0.15, 0.2) is 0 Å². The van der Waals surface area contributed by atoms with Crippen molar-refractivity contribution in [3.63, 3.8) is 0 Å². The number of carbonyl (C=O) groups is 2. The van der Waals surface area contributed by atoms with Crippen LogP contribution >= 0.6 is 0 Å². The lowest BCUT2D eigenvalue weighted by molar-refractivity contribution is -0.141. The standard InChI is InChI=1S/C9H15NO4/c1-6(9(12)13)5-10-8(11)7-3-2-4-14-7/h6-7H,2-5H2,1H3,(H,10,11)(H,12,13)/t6?,7-/m1/s1. The largest absolute Gasteiger partial charge is 0.481 e. The smallest absolute Gasteiger partial charge is 0.308 e. The van der Waals surface area contributed by atoms with Crippen LogP contribution in [0.5, 0.6) is 0 Å². The van der Waals surface area contributed by atoms with Crippen molar-refractivity contribution in [2.75, 3.05) is 13.2 Å². The fourth-order valence-corrected chi connectivity index (χ4v) is 1.24. The summed E-state index contributed by atoms with van der Waals surface area (Å²) in [5.41, 5.74) is 0. The van der Waals surface area contributed by atoms with E-state index in [0.29, 0.717) is 6.61 Å². The van der Waals surface area contributed by atoms with Crippen molar-refractivity contribution in [2.45, 2.75) is 25.9 Å². The molecule has 1 rings (SSSR count). The summed E-state index contributed by atoms with van der Waals surface area (Å²) >= 11 is 0. The van der Waals surface area contributed by atoms with Crippen molar-refractivity contribution in [1.82, 2.24) is 5.32 Å². The summed E-state index contributed by atoms with van der Waals surface area (Å²) in [6, 6.07) is 0. The highest BCUT2D eigenvalue weighted by atomic mass is 16.5. The highest BCUT2D eigenvalue weighted by Crippen LogP contribution is 2.11. The minimum absolute atomic E-state index is 0.161. The van der Waals surface area contributed by atoms with E-state index in [9.17, 15) is 9.59 Å². The van der Waals surface area contributed by atoms with Crippen molar-refractivity contribution < 1.29 is 19.4 Å². The molecular formula is C9H15NO4. The first-order chi connectivity index (χ1) is 6.61. The van der Waals surface area contributed by atoms with Crippen molar-refractivity contribution in [3.8, 4) is 0 Å². The molecule has 0 saturated carbocycles. The van der Waals surface area contributed by atoms with Crippen LogP contribution in [0.15, 0.2) is 0 Å². The predicted octanol–water partition coefficient (Wildman–Crippen LogP) is 0.00230. The molecule has 5 heteroatoms. The molecule has 2 N–H and O–H groups in total. The number of rotatable bonds is 4. The van der Waals surface area contributed by atoms with Gasteiger partial charge in [-0.1, -0.05) is 6.92 Å². The molecule has 1 unspecified atom stereocenters. The summed E-state index contributed by atoms with van der Waals surface area (Å²) in [4.78, 5) is 21.8. The quantitative estimate of drug-likeness (QED) is 0.671. The minimum atomic E-state index is -0.905. The second-order valence-corrected chi connectivity index (χ2v) is 3.49. The highest BCUT2D eigenvalue weighted by Gasteiger charge is 2.24. The Kier molecular flexibility index (Phi) is 3.88.